The monoisotopic (exact) mass is 629 g/mol. The van der Waals surface area contributed by atoms with Crippen molar-refractivity contribution in [3.8, 4) is 6.07 Å². The van der Waals surface area contributed by atoms with Crippen LogP contribution in [0, 0.1) is 11.3 Å². The lowest BCUT2D eigenvalue weighted by molar-refractivity contribution is 0.0115. The number of piperidine rings is 1. The van der Waals surface area contributed by atoms with E-state index >= 15 is 0 Å². The molecule has 2 aromatic carbocycles. The van der Waals surface area contributed by atoms with Gasteiger partial charge in [0.2, 0.25) is 0 Å². The molecule has 0 saturated carbocycles. The van der Waals surface area contributed by atoms with Crippen molar-refractivity contribution in [2.75, 3.05) is 44.3 Å². The van der Waals surface area contributed by atoms with Crippen LogP contribution in [0.1, 0.15) is 66.4 Å². The molecule has 202 valence electrons. The molecule has 2 aliphatic heterocycles. The topological polar surface area (TPSA) is 89.9 Å². The van der Waals surface area contributed by atoms with Crippen LogP contribution in [-0.4, -0.2) is 61.4 Å². The van der Waals surface area contributed by atoms with Crippen molar-refractivity contribution in [3.63, 3.8) is 0 Å². The average molecular weight is 630 g/mol. The number of anilines is 1. The minimum absolute atomic E-state index is 0. The van der Waals surface area contributed by atoms with Gasteiger partial charge >= 0.3 is 5.97 Å². The summed E-state index contributed by atoms with van der Waals surface area (Å²) in [5.74, 6) is -0.617. The van der Waals surface area contributed by atoms with E-state index in [4.69, 9.17) is 9.15 Å². The lowest BCUT2D eigenvalue weighted by atomic mass is 9.79. The number of ether oxygens (including phenoxy) is 1. The van der Waals surface area contributed by atoms with Crippen LogP contribution >= 0.6 is 24.0 Å². The molecule has 7 nitrogen and oxygen atoms in total. The summed E-state index contributed by atoms with van der Waals surface area (Å²) in [6.45, 7) is 11.9. The van der Waals surface area contributed by atoms with E-state index in [0.717, 1.165) is 64.2 Å². The van der Waals surface area contributed by atoms with Gasteiger partial charge < -0.3 is 19.2 Å². The molecule has 0 atom stereocenters. The van der Waals surface area contributed by atoms with E-state index in [9.17, 15) is 15.2 Å². The lowest BCUT2D eigenvalue weighted by Gasteiger charge is -2.41. The van der Waals surface area contributed by atoms with Gasteiger partial charge in [0.25, 0.3) is 0 Å². The highest BCUT2D eigenvalue weighted by Gasteiger charge is 2.35. The Morgan fingerprint density at radius 1 is 1.11 bits per heavy atom. The lowest BCUT2D eigenvalue weighted by Crippen LogP contribution is -2.49. The van der Waals surface area contributed by atoms with Crippen LogP contribution in [0.2, 0.25) is 0 Å². The van der Waals surface area contributed by atoms with Crippen LogP contribution in [0.4, 0.5) is 5.69 Å². The van der Waals surface area contributed by atoms with E-state index in [1.807, 2.05) is 13.8 Å². The van der Waals surface area contributed by atoms with Crippen LogP contribution in [0.15, 0.2) is 40.8 Å². The first-order valence-corrected chi connectivity index (χ1v) is 13.2. The smallest absolute Gasteiger partial charge is 0.339 e. The number of rotatable bonds is 6. The quantitative estimate of drug-likeness (QED) is 0.345. The van der Waals surface area contributed by atoms with Crippen molar-refractivity contribution in [2.24, 2.45) is 0 Å². The van der Waals surface area contributed by atoms with Crippen molar-refractivity contribution in [3.05, 3.63) is 64.4 Å². The first kappa shape index (κ1) is 28.4. The molecule has 5 rings (SSSR count). The zero-order valence-electron chi connectivity index (χ0n) is 22.3. The maximum Gasteiger partial charge on any atom is 0.339 e. The number of nitriles is 1. The van der Waals surface area contributed by atoms with Crippen molar-refractivity contribution in [2.45, 2.75) is 51.5 Å². The summed E-state index contributed by atoms with van der Waals surface area (Å²) in [6, 6.07) is 14.1. The number of aryl methyl sites for hydroxylation is 1. The molecule has 3 aromatic rings. The number of carboxylic acids is 1. The van der Waals surface area contributed by atoms with Gasteiger partial charge in [-0.3, -0.25) is 4.90 Å². The summed E-state index contributed by atoms with van der Waals surface area (Å²) in [5, 5.41) is 19.9. The fourth-order valence-electron chi connectivity index (χ4n) is 5.91. The van der Waals surface area contributed by atoms with Crippen LogP contribution in [-0.2, 0) is 16.6 Å². The second-order valence-corrected chi connectivity index (χ2v) is 10.6. The Kier molecular flexibility index (Phi) is 8.70. The largest absolute Gasteiger partial charge is 0.478 e. The summed E-state index contributed by atoms with van der Waals surface area (Å²) in [4.78, 5) is 17.4. The van der Waals surface area contributed by atoms with E-state index in [1.165, 1.54) is 11.3 Å². The van der Waals surface area contributed by atoms with Gasteiger partial charge in [0.15, 0.2) is 0 Å². The highest BCUT2D eigenvalue weighted by atomic mass is 127. The predicted molar refractivity (Wildman–Crippen MR) is 159 cm³/mol. The van der Waals surface area contributed by atoms with Gasteiger partial charge in [-0.2, -0.15) is 5.26 Å². The molecule has 38 heavy (non-hydrogen) atoms. The number of aromatic carboxylic acids is 1. The molecule has 8 heteroatoms. The summed E-state index contributed by atoms with van der Waals surface area (Å²) in [7, 11) is 0. The van der Waals surface area contributed by atoms with Crippen LogP contribution < -0.4 is 4.90 Å². The molecular weight excluding hydrogens is 593 g/mol. The molecule has 3 heterocycles. The number of hydrogen-bond acceptors (Lipinski definition) is 6. The number of morpholine rings is 1. The van der Waals surface area contributed by atoms with E-state index in [0.29, 0.717) is 28.3 Å². The highest BCUT2D eigenvalue weighted by Crippen LogP contribution is 2.41. The fraction of sp³-hybridized carbons (Fsp3) is 0.467. The first-order chi connectivity index (χ1) is 17.8. The van der Waals surface area contributed by atoms with Crippen molar-refractivity contribution in [1.29, 1.82) is 5.26 Å². The number of nitrogens with zero attached hydrogens (tertiary/aromatic N) is 3. The van der Waals surface area contributed by atoms with Gasteiger partial charge in [-0.15, -0.1) is 24.0 Å². The highest BCUT2D eigenvalue weighted by molar-refractivity contribution is 14.0. The predicted octanol–water partition coefficient (Wildman–Crippen LogP) is 5.81. The van der Waals surface area contributed by atoms with E-state index in [-0.39, 0.29) is 29.5 Å². The van der Waals surface area contributed by atoms with Gasteiger partial charge in [0, 0.05) is 48.7 Å². The Morgan fingerprint density at radius 3 is 2.45 bits per heavy atom. The molecule has 2 fully saturated rings. The SMILES string of the molecule is CCc1ccc(C(C)(C)c2oc3cc(C#N)ccc3c2C(=O)O)cc1N1CCC(N2CCOCC2)CC1.I. The minimum Gasteiger partial charge on any atom is -0.478 e. The molecule has 2 saturated heterocycles. The minimum atomic E-state index is -1.03. The first-order valence-electron chi connectivity index (χ1n) is 13.2. The standard InChI is InChI=1S/C30H35N3O4.HI/c1-4-21-6-7-22(18-25(21)33-11-9-23(10-12-33)32-13-15-36-16-14-32)30(2,3)28-27(29(34)35)24-8-5-20(19-31)17-26(24)37-28;/h5-8,17-18,23H,4,9-16H2,1-3H3,(H,34,35);1H. The summed E-state index contributed by atoms with van der Waals surface area (Å²) in [5.41, 5.74) is 3.88. The summed E-state index contributed by atoms with van der Waals surface area (Å²) in [6.07, 6.45) is 3.19. The second kappa shape index (κ2) is 11.6. The second-order valence-electron chi connectivity index (χ2n) is 10.6. The fourth-order valence-corrected chi connectivity index (χ4v) is 5.91. The van der Waals surface area contributed by atoms with Crippen molar-refractivity contribution < 1.29 is 19.1 Å². The van der Waals surface area contributed by atoms with Crippen LogP contribution in [0.5, 0.6) is 0 Å². The summed E-state index contributed by atoms with van der Waals surface area (Å²) < 4.78 is 11.7. The maximum atomic E-state index is 12.4. The Bertz CT molecular complexity index is 1350. The number of furan rings is 1. The van der Waals surface area contributed by atoms with E-state index in [1.54, 1.807) is 18.2 Å². The van der Waals surface area contributed by atoms with Crippen LogP contribution in [0.3, 0.4) is 0 Å². The van der Waals surface area contributed by atoms with Gasteiger partial charge in [0.1, 0.15) is 16.9 Å². The number of hydrogen-bond donors (Lipinski definition) is 1. The molecular formula is C30H36IN3O4. The molecule has 1 N–H and O–H groups in total. The molecule has 1 aromatic heterocycles. The molecule has 0 amide bonds. The Balaban J connectivity index is 0.00000336. The number of carbonyl (C=O) groups is 1. The number of benzene rings is 2. The Morgan fingerprint density at radius 2 is 1.82 bits per heavy atom. The Hall–Kier alpha value is -2.61. The molecule has 0 spiro atoms. The van der Waals surface area contributed by atoms with E-state index in [2.05, 4.69) is 41.0 Å². The van der Waals surface area contributed by atoms with E-state index < -0.39 is 11.4 Å². The Labute approximate surface area is 241 Å². The summed E-state index contributed by atoms with van der Waals surface area (Å²) >= 11 is 0. The van der Waals surface area contributed by atoms with Gasteiger partial charge in [-0.05, 0) is 68.5 Å². The van der Waals surface area contributed by atoms with Gasteiger partial charge in [-0.1, -0.05) is 19.1 Å². The third kappa shape index (κ3) is 5.29. The molecule has 0 aliphatic carbocycles. The molecule has 0 radical (unpaired) electrons. The third-order valence-electron chi connectivity index (χ3n) is 8.16. The molecule has 2 aliphatic rings. The normalized spacial score (nSPS) is 17.3. The average Bonchev–Trinajstić information content (AvgIpc) is 3.33. The third-order valence-corrected chi connectivity index (χ3v) is 8.16. The number of halogens is 1. The van der Waals surface area contributed by atoms with Gasteiger partial charge in [0.05, 0.1) is 24.8 Å². The molecule has 0 unspecified atom stereocenters. The van der Waals surface area contributed by atoms with Crippen molar-refractivity contribution in [1.82, 2.24) is 4.90 Å². The number of carboxylic acid groups (broad SMARTS) is 1. The molecule has 0 bridgehead atoms. The maximum absolute atomic E-state index is 12.4. The zero-order chi connectivity index (χ0) is 26.2. The zero-order valence-corrected chi connectivity index (χ0v) is 24.7. The number of fused-ring (bicyclic) bond motifs is 1. The van der Waals surface area contributed by atoms with Crippen molar-refractivity contribution >= 4 is 46.6 Å². The van der Waals surface area contributed by atoms with Crippen LogP contribution in [0.25, 0.3) is 11.0 Å². The van der Waals surface area contributed by atoms with Gasteiger partial charge in [-0.25, -0.2) is 4.79 Å².